The number of nitrogens with one attached hydrogen (secondary N) is 2. The molecule has 4 aromatic rings. The number of nitrogens with zero attached hydrogens (tertiary/aromatic N) is 3. The summed E-state index contributed by atoms with van der Waals surface area (Å²) >= 11 is 0. The van der Waals surface area contributed by atoms with Crippen LogP contribution in [0.15, 0.2) is 48.7 Å². The third kappa shape index (κ3) is 3.89. The first-order valence-electron chi connectivity index (χ1n) is 9.81. The number of hydrogen-bond acceptors (Lipinski definition) is 6. The largest absolute Gasteiger partial charge is 0.367 e. The zero-order valence-corrected chi connectivity index (χ0v) is 17.0. The average Bonchev–Trinajstić information content (AvgIpc) is 3.43. The molecule has 0 spiro atoms. The van der Waals surface area contributed by atoms with Gasteiger partial charge in [0, 0.05) is 29.2 Å². The summed E-state index contributed by atoms with van der Waals surface area (Å²) in [6.07, 6.45) is 4.35. The van der Waals surface area contributed by atoms with E-state index >= 15 is 0 Å². The van der Waals surface area contributed by atoms with Crippen molar-refractivity contribution in [3.05, 3.63) is 48.7 Å². The Balaban J connectivity index is 1.36. The summed E-state index contributed by atoms with van der Waals surface area (Å²) in [7, 11) is -3.90. The number of fused-ring (bicyclic) bond motifs is 2. The van der Waals surface area contributed by atoms with Gasteiger partial charge in [-0.25, -0.2) is 10.1 Å². The van der Waals surface area contributed by atoms with Gasteiger partial charge in [0.05, 0.1) is 12.3 Å². The zero-order valence-electron chi connectivity index (χ0n) is 16.2. The van der Waals surface area contributed by atoms with Crippen LogP contribution in [0.25, 0.3) is 27.9 Å². The van der Waals surface area contributed by atoms with Crippen molar-refractivity contribution in [3.8, 4) is 11.4 Å². The highest BCUT2D eigenvalue weighted by Crippen LogP contribution is 2.29. The van der Waals surface area contributed by atoms with E-state index in [9.17, 15) is 8.42 Å². The highest BCUT2D eigenvalue weighted by Gasteiger charge is 2.26. The number of rotatable bonds is 6. The SMILES string of the molecule is NS(=O)(=O)OC[C@@H]1CC[C@H](Nc2ccnc3cc(-c4cc5ccccc5[nH]4)nn23)C1. The van der Waals surface area contributed by atoms with Crippen molar-refractivity contribution < 1.29 is 12.6 Å². The molecule has 1 fully saturated rings. The molecule has 0 bridgehead atoms. The van der Waals surface area contributed by atoms with E-state index < -0.39 is 10.3 Å². The van der Waals surface area contributed by atoms with Crippen molar-refractivity contribution in [3.63, 3.8) is 0 Å². The van der Waals surface area contributed by atoms with Crippen LogP contribution in [-0.2, 0) is 14.5 Å². The molecule has 0 unspecified atom stereocenters. The minimum absolute atomic E-state index is 0.120. The molecular weight excluding hydrogens is 404 g/mol. The van der Waals surface area contributed by atoms with Gasteiger partial charge in [0.25, 0.3) is 0 Å². The second-order valence-electron chi connectivity index (χ2n) is 7.70. The number of hydrogen-bond donors (Lipinski definition) is 3. The van der Waals surface area contributed by atoms with Gasteiger partial charge in [0.1, 0.15) is 11.5 Å². The van der Waals surface area contributed by atoms with Crippen LogP contribution >= 0.6 is 0 Å². The highest BCUT2D eigenvalue weighted by molar-refractivity contribution is 7.84. The fourth-order valence-corrected chi connectivity index (χ4v) is 4.49. The van der Waals surface area contributed by atoms with Crippen LogP contribution in [0.3, 0.4) is 0 Å². The highest BCUT2D eigenvalue weighted by atomic mass is 32.2. The number of H-pyrrole nitrogens is 1. The molecule has 2 atom stereocenters. The lowest BCUT2D eigenvalue weighted by atomic mass is 10.1. The second-order valence-corrected chi connectivity index (χ2v) is 8.92. The van der Waals surface area contributed by atoms with Crippen molar-refractivity contribution in [2.45, 2.75) is 25.3 Å². The number of aromatic amines is 1. The van der Waals surface area contributed by atoms with Crippen LogP contribution < -0.4 is 10.5 Å². The van der Waals surface area contributed by atoms with E-state index in [4.69, 9.17) is 14.4 Å². The van der Waals surface area contributed by atoms with Crippen LogP contribution in [0.5, 0.6) is 0 Å². The number of anilines is 1. The van der Waals surface area contributed by atoms with E-state index in [0.29, 0.717) is 0 Å². The Labute approximate surface area is 173 Å². The number of nitrogens with two attached hydrogens (primary N) is 1. The van der Waals surface area contributed by atoms with Gasteiger partial charge in [0.15, 0.2) is 5.65 Å². The van der Waals surface area contributed by atoms with E-state index in [1.165, 1.54) is 0 Å². The smallest absolute Gasteiger partial charge is 0.333 e. The summed E-state index contributed by atoms with van der Waals surface area (Å²) in [5, 5.41) is 14.3. The van der Waals surface area contributed by atoms with Crippen LogP contribution in [0.1, 0.15) is 19.3 Å². The summed E-state index contributed by atoms with van der Waals surface area (Å²) in [5.41, 5.74) is 3.57. The Bertz CT molecular complexity index is 1280. The summed E-state index contributed by atoms with van der Waals surface area (Å²) in [5.74, 6) is 0.998. The fourth-order valence-electron chi connectivity index (χ4n) is 4.11. The van der Waals surface area contributed by atoms with Crippen LogP contribution in [0.4, 0.5) is 5.82 Å². The molecule has 1 aliphatic carbocycles. The van der Waals surface area contributed by atoms with Crippen LogP contribution in [0, 0.1) is 5.92 Å². The molecular formula is C20H22N6O3S. The normalized spacial score (nSPS) is 19.6. The van der Waals surface area contributed by atoms with E-state index in [-0.39, 0.29) is 18.6 Å². The monoisotopic (exact) mass is 426 g/mol. The van der Waals surface area contributed by atoms with Gasteiger partial charge < -0.3 is 10.3 Å². The van der Waals surface area contributed by atoms with E-state index in [1.54, 1.807) is 10.7 Å². The second kappa shape index (κ2) is 7.38. The molecule has 30 heavy (non-hydrogen) atoms. The zero-order chi connectivity index (χ0) is 20.7. The number of benzene rings is 1. The fraction of sp³-hybridized carbons (Fsp3) is 0.300. The predicted octanol–water partition coefficient (Wildman–Crippen LogP) is 2.68. The molecule has 1 saturated carbocycles. The third-order valence-corrected chi connectivity index (χ3v) is 5.99. The molecule has 3 aromatic heterocycles. The molecule has 0 saturated heterocycles. The molecule has 0 amide bonds. The van der Waals surface area contributed by atoms with Crippen LogP contribution in [0.2, 0.25) is 0 Å². The van der Waals surface area contributed by atoms with Crippen molar-refractivity contribution >= 4 is 32.7 Å². The average molecular weight is 427 g/mol. The lowest BCUT2D eigenvalue weighted by Gasteiger charge is -2.15. The van der Waals surface area contributed by atoms with Gasteiger partial charge in [-0.15, -0.1) is 0 Å². The van der Waals surface area contributed by atoms with Gasteiger partial charge in [-0.2, -0.15) is 18.0 Å². The summed E-state index contributed by atoms with van der Waals surface area (Å²) < 4.78 is 28.6. The van der Waals surface area contributed by atoms with Crippen LogP contribution in [-0.4, -0.2) is 40.6 Å². The van der Waals surface area contributed by atoms with Crippen molar-refractivity contribution in [1.82, 2.24) is 19.6 Å². The predicted molar refractivity (Wildman–Crippen MR) is 114 cm³/mol. The Hall–Kier alpha value is -2.95. The first-order valence-corrected chi connectivity index (χ1v) is 11.3. The minimum atomic E-state index is -3.90. The molecule has 1 aromatic carbocycles. The van der Waals surface area contributed by atoms with E-state index in [2.05, 4.69) is 27.4 Å². The maximum absolute atomic E-state index is 11.0. The Morgan fingerprint density at radius 3 is 2.93 bits per heavy atom. The quantitative estimate of drug-likeness (QED) is 0.435. The molecule has 9 nitrogen and oxygen atoms in total. The Morgan fingerprint density at radius 2 is 2.10 bits per heavy atom. The molecule has 1 aliphatic rings. The van der Waals surface area contributed by atoms with E-state index in [1.807, 2.05) is 30.3 Å². The lowest BCUT2D eigenvalue weighted by Crippen LogP contribution is -2.21. The summed E-state index contributed by atoms with van der Waals surface area (Å²) in [6.45, 7) is 0.120. The van der Waals surface area contributed by atoms with Gasteiger partial charge in [-0.05, 0) is 43.4 Å². The van der Waals surface area contributed by atoms with Crippen molar-refractivity contribution in [2.75, 3.05) is 11.9 Å². The molecule has 156 valence electrons. The maximum atomic E-state index is 11.0. The first-order chi connectivity index (χ1) is 14.4. The standard InChI is InChI=1S/C20H22N6O3S/c21-30(27,28)29-12-13-5-6-15(9-13)23-19-7-8-22-20-11-18(25-26(19)20)17-10-14-3-1-2-4-16(14)24-17/h1-4,7-8,10-11,13,15,23-24H,5-6,9,12H2,(H2,21,27,28)/t13-,15+/m1/s1. The van der Waals surface area contributed by atoms with Crippen molar-refractivity contribution in [2.24, 2.45) is 11.1 Å². The molecule has 3 heterocycles. The topological polar surface area (TPSA) is 127 Å². The molecule has 4 N–H and O–H groups in total. The number of para-hydroxylation sites is 1. The summed E-state index contributed by atoms with van der Waals surface area (Å²) in [6, 6.07) is 14.2. The first kappa shape index (κ1) is 19.0. The van der Waals surface area contributed by atoms with Gasteiger partial charge in [-0.1, -0.05) is 18.2 Å². The van der Waals surface area contributed by atoms with Gasteiger partial charge in [-0.3, -0.25) is 4.18 Å². The third-order valence-electron chi connectivity index (χ3n) is 5.53. The number of aromatic nitrogens is 4. The lowest BCUT2D eigenvalue weighted by molar-refractivity contribution is 0.256. The summed E-state index contributed by atoms with van der Waals surface area (Å²) in [4.78, 5) is 7.83. The molecule has 10 heteroatoms. The maximum Gasteiger partial charge on any atom is 0.333 e. The van der Waals surface area contributed by atoms with Gasteiger partial charge in [0.2, 0.25) is 0 Å². The minimum Gasteiger partial charge on any atom is -0.367 e. The van der Waals surface area contributed by atoms with Crippen molar-refractivity contribution in [1.29, 1.82) is 0 Å². The molecule has 5 rings (SSSR count). The van der Waals surface area contributed by atoms with E-state index in [0.717, 1.165) is 53.0 Å². The Morgan fingerprint density at radius 1 is 1.23 bits per heavy atom. The van der Waals surface area contributed by atoms with Gasteiger partial charge >= 0.3 is 10.3 Å². The molecule has 0 radical (unpaired) electrons. The Kier molecular flexibility index (Phi) is 4.69. The molecule has 0 aliphatic heterocycles.